The van der Waals surface area contributed by atoms with Gasteiger partial charge >= 0.3 is 0 Å². The predicted molar refractivity (Wildman–Crippen MR) is 75.5 cm³/mol. The molecular weight excluding hydrogens is 222 g/mol. The number of pyridine rings is 1. The van der Waals surface area contributed by atoms with Gasteiger partial charge in [0.2, 0.25) is 0 Å². The van der Waals surface area contributed by atoms with Gasteiger partial charge in [-0.15, -0.1) is 0 Å². The lowest BCUT2D eigenvalue weighted by atomic mass is 10.1. The summed E-state index contributed by atoms with van der Waals surface area (Å²) in [6.45, 7) is 10.1. The Balaban J connectivity index is 1.88. The van der Waals surface area contributed by atoms with Crippen molar-refractivity contribution in [2.75, 3.05) is 19.6 Å². The van der Waals surface area contributed by atoms with Crippen molar-refractivity contribution >= 4 is 0 Å². The van der Waals surface area contributed by atoms with E-state index in [1.807, 2.05) is 12.4 Å². The van der Waals surface area contributed by atoms with E-state index < -0.39 is 0 Å². The lowest BCUT2D eigenvalue weighted by Crippen LogP contribution is -2.41. The monoisotopic (exact) mass is 247 g/mol. The Kier molecular flexibility index (Phi) is 4.36. The second-order valence-electron chi connectivity index (χ2n) is 6.15. The highest BCUT2D eigenvalue weighted by atomic mass is 15.2. The molecule has 1 aliphatic rings. The Morgan fingerprint density at radius 3 is 2.72 bits per heavy atom. The van der Waals surface area contributed by atoms with Gasteiger partial charge in [0.1, 0.15) is 0 Å². The molecule has 2 rings (SSSR count). The molecule has 3 nitrogen and oxygen atoms in total. The molecule has 1 N–H and O–H groups in total. The first-order valence-electron chi connectivity index (χ1n) is 6.95. The summed E-state index contributed by atoms with van der Waals surface area (Å²) in [7, 11) is 0. The fourth-order valence-electron chi connectivity index (χ4n) is 2.63. The lowest BCUT2D eigenvalue weighted by molar-refractivity contribution is 0.246. The Bertz CT molecular complexity index is 356. The fourth-order valence-corrected chi connectivity index (χ4v) is 2.63. The van der Waals surface area contributed by atoms with E-state index in [9.17, 15) is 0 Å². The van der Waals surface area contributed by atoms with Crippen LogP contribution in [0.1, 0.15) is 45.2 Å². The molecule has 1 aliphatic heterocycles. The zero-order chi connectivity index (χ0) is 13.0. The molecule has 0 amide bonds. The van der Waals surface area contributed by atoms with Crippen LogP contribution in [0.15, 0.2) is 24.5 Å². The third kappa shape index (κ3) is 3.79. The largest absolute Gasteiger partial charge is 0.311 e. The molecule has 2 heterocycles. The van der Waals surface area contributed by atoms with Crippen LogP contribution in [0.5, 0.6) is 0 Å². The quantitative estimate of drug-likeness (QED) is 0.886. The van der Waals surface area contributed by atoms with Crippen LogP contribution in [0, 0.1) is 0 Å². The van der Waals surface area contributed by atoms with Gasteiger partial charge in [0.25, 0.3) is 0 Å². The third-order valence-electron chi connectivity index (χ3n) is 3.51. The van der Waals surface area contributed by atoms with Crippen LogP contribution >= 0.6 is 0 Å². The Morgan fingerprint density at radius 2 is 2.06 bits per heavy atom. The number of nitrogens with one attached hydrogen (secondary N) is 1. The summed E-state index contributed by atoms with van der Waals surface area (Å²) in [6, 6.07) is 4.90. The molecule has 1 aromatic heterocycles. The number of likely N-dealkylation sites (tertiary alicyclic amines) is 1. The molecule has 1 atom stereocenters. The Labute approximate surface area is 111 Å². The molecule has 100 valence electrons. The van der Waals surface area contributed by atoms with Gasteiger partial charge in [-0.3, -0.25) is 9.88 Å². The van der Waals surface area contributed by atoms with Gasteiger partial charge in [-0.05, 0) is 57.9 Å². The number of aromatic nitrogens is 1. The zero-order valence-corrected chi connectivity index (χ0v) is 11.8. The van der Waals surface area contributed by atoms with E-state index in [4.69, 9.17) is 0 Å². The summed E-state index contributed by atoms with van der Waals surface area (Å²) in [5, 5.41) is 3.57. The minimum atomic E-state index is 0.214. The highest BCUT2D eigenvalue weighted by Gasteiger charge is 2.25. The maximum Gasteiger partial charge on any atom is 0.0350 e. The van der Waals surface area contributed by atoms with Crippen LogP contribution < -0.4 is 5.32 Å². The van der Waals surface area contributed by atoms with E-state index in [0.717, 1.165) is 13.1 Å². The van der Waals surface area contributed by atoms with E-state index in [2.05, 4.69) is 48.1 Å². The molecule has 0 saturated carbocycles. The van der Waals surface area contributed by atoms with Crippen molar-refractivity contribution in [1.82, 2.24) is 15.2 Å². The van der Waals surface area contributed by atoms with Crippen LogP contribution in [0.4, 0.5) is 0 Å². The van der Waals surface area contributed by atoms with Crippen molar-refractivity contribution in [2.45, 2.75) is 45.2 Å². The van der Waals surface area contributed by atoms with Crippen molar-refractivity contribution in [2.24, 2.45) is 0 Å². The number of rotatable bonds is 4. The summed E-state index contributed by atoms with van der Waals surface area (Å²) in [4.78, 5) is 6.70. The highest BCUT2D eigenvalue weighted by molar-refractivity contribution is 5.16. The van der Waals surface area contributed by atoms with E-state index in [0.29, 0.717) is 6.04 Å². The van der Waals surface area contributed by atoms with E-state index in [-0.39, 0.29) is 5.54 Å². The van der Waals surface area contributed by atoms with E-state index >= 15 is 0 Å². The van der Waals surface area contributed by atoms with Crippen molar-refractivity contribution in [3.05, 3.63) is 30.1 Å². The summed E-state index contributed by atoms with van der Waals surface area (Å²) in [5.41, 5.74) is 1.63. The fraction of sp³-hybridized carbons (Fsp3) is 0.667. The number of hydrogen-bond acceptors (Lipinski definition) is 3. The second kappa shape index (κ2) is 5.81. The first kappa shape index (κ1) is 13.5. The molecule has 3 heteroatoms. The standard InChI is InChI=1S/C15H25N3/c1-15(2,3)17-10-12-18-11-4-5-14(18)13-6-8-16-9-7-13/h6-9,14,17H,4-5,10-12H2,1-3H3. The maximum atomic E-state index is 4.11. The van der Waals surface area contributed by atoms with Crippen LogP contribution in [-0.4, -0.2) is 35.1 Å². The highest BCUT2D eigenvalue weighted by Crippen LogP contribution is 2.30. The third-order valence-corrected chi connectivity index (χ3v) is 3.51. The smallest absolute Gasteiger partial charge is 0.0350 e. The molecule has 1 unspecified atom stereocenters. The van der Waals surface area contributed by atoms with Crippen molar-refractivity contribution in [3.63, 3.8) is 0 Å². The van der Waals surface area contributed by atoms with Gasteiger partial charge in [-0.1, -0.05) is 0 Å². The summed E-state index contributed by atoms with van der Waals surface area (Å²) in [6.07, 6.45) is 6.39. The first-order chi connectivity index (χ1) is 8.56. The van der Waals surface area contributed by atoms with Gasteiger partial charge in [0.05, 0.1) is 0 Å². The van der Waals surface area contributed by atoms with Crippen molar-refractivity contribution in [1.29, 1.82) is 0 Å². The number of nitrogens with zero attached hydrogens (tertiary/aromatic N) is 2. The molecule has 1 aromatic rings. The maximum absolute atomic E-state index is 4.11. The van der Waals surface area contributed by atoms with Gasteiger partial charge in [-0.25, -0.2) is 0 Å². The zero-order valence-electron chi connectivity index (χ0n) is 11.8. The van der Waals surface area contributed by atoms with Crippen LogP contribution in [0.25, 0.3) is 0 Å². The lowest BCUT2D eigenvalue weighted by Gasteiger charge is -2.27. The second-order valence-corrected chi connectivity index (χ2v) is 6.15. The van der Waals surface area contributed by atoms with E-state index in [1.54, 1.807) is 0 Å². The average Bonchev–Trinajstić information content (AvgIpc) is 2.77. The normalized spacial score (nSPS) is 21.4. The summed E-state index contributed by atoms with van der Waals surface area (Å²) >= 11 is 0. The molecule has 0 spiro atoms. The molecular formula is C15H25N3. The van der Waals surface area contributed by atoms with Gasteiger partial charge in [0, 0.05) is 37.1 Å². The van der Waals surface area contributed by atoms with Gasteiger partial charge in [-0.2, -0.15) is 0 Å². The molecule has 0 bridgehead atoms. The minimum absolute atomic E-state index is 0.214. The predicted octanol–water partition coefficient (Wildman–Crippen LogP) is 2.61. The molecule has 1 saturated heterocycles. The number of hydrogen-bond donors (Lipinski definition) is 1. The van der Waals surface area contributed by atoms with Gasteiger partial charge < -0.3 is 5.32 Å². The van der Waals surface area contributed by atoms with Crippen molar-refractivity contribution in [3.8, 4) is 0 Å². The van der Waals surface area contributed by atoms with Gasteiger partial charge in [0.15, 0.2) is 0 Å². The van der Waals surface area contributed by atoms with Crippen LogP contribution in [-0.2, 0) is 0 Å². The Morgan fingerprint density at radius 1 is 1.33 bits per heavy atom. The van der Waals surface area contributed by atoms with E-state index in [1.165, 1.54) is 24.9 Å². The average molecular weight is 247 g/mol. The minimum Gasteiger partial charge on any atom is -0.311 e. The van der Waals surface area contributed by atoms with Crippen LogP contribution in [0.3, 0.4) is 0 Å². The molecule has 18 heavy (non-hydrogen) atoms. The Hall–Kier alpha value is -0.930. The molecule has 0 aromatic carbocycles. The molecule has 0 radical (unpaired) electrons. The first-order valence-corrected chi connectivity index (χ1v) is 6.95. The molecule has 1 fully saturated rings. The SMILES string of the molecule is CC(C)(C)NCCN1CCCC1c1ccncc1. The summed E-state index contributed by atoms with van der Waals surface area (Å²) < 4.78 is 0. The topological polar surface area (TPSA) is 28.2 Å². The molecule has 0 aliphatic carbocycles. The summed E-state index contributed by atoms with van der Waals surface area (Å²) in [5.74, 6) is 0. The van der Waals surface area contributed by atoms with Crippen LogP contribution in [0.2, 0.25) is 0 Å². The van der Waals surface area contributed by atoms with Crippen molar-refractivity contribution < 1.29 is 0 Å².